The quantitative estimate of drug-likeness (QED) is 0.534. The largest absolute Gasteiger partial charge is 0.494 e. The van der Waals surface area contributed by atoms with Crippen LogP contribution in [-0.2, 0) is 4.79 Å². The summed E-state index contributed by atoms with van der Waals surface area (Å²) in [5.41, 5.74) is 2.97. The molecule has 0 aliphatic rings. The predicted octanol–water partition coefficient (Wildman–Crippen LogP) is 5.22. The van der Waals surface area contributed by atoms with E-state index in [0.29, 0.717) is 0 Å². The Kier molecular flexibility index (Phi) is 7.09. The minimum atomic E-state index is -0.146. The first-order chi connectivity index (χ1) is 11.7. The van der Waals surface area contributed by atoms with E-state index in [-0.39, 0.29) is 5.91 Å². The SMILES string of the molecule is CCCCCOc1ccc(NC(=O)/C=C/c2ccc(C)cc2)cc1. The molecule has 2 aromatic rings. The molecule has 0 spiro atoms. The maximum absolute atomic E-state index is 12.0. The molecule has 0 aromatic heterocycles. The van der Waals surface area contributed by atoms with Gasteiger partial charge in [-0.2, -0.15) is 0 Å². The number of carbonyl (C=O) groups excluding carboxylic acids is 1. The van der Waals surface area contributed by atoms with E-state index in [4.69, 9.17) is 4.74 Å². The highest BCUT2D eigenvalue weighted by Gasteiger charge is 1.99. The normalized spacial score (nSPS) is 10.8. The zero-order valence-corrected chi connectivity index (χ0v) is 14.4. The van der Waals surface area contributed by atoms with Gasteiger partial charge < -0.3 is 10.1 Å². The Hall–Kier alpha value is -2.55. The van der Waals surface area contributed by atoms with Gasteiger partial charge in [-0.05, 0) is 49.2 Å². The number of unbranched alkanes of at least 4 members (excludes halogenated alkanes) is 2. The van der Waals surface area contributed by atoms with Crippen molar-refractivity contribution >= 4 is 17.7 Å². The van der Waals surface area contributed by atoms with Crippen molar-refractivity contribution in [1.29, 1.82) is 0 Å². The minimum Gasteiger partial charge on any atom is -0.494 e. The van der Waals surface area contributed by atoms with Crippen LogP contribution in [0.2, 0.25) is 0 Å². The summed E-state index contributed by atoms with van der Waals surface area (Å²) in [5.74, 6) is 0.687. The molecule has 126 valence electrons. The van der Waals surface area contributed by atoms with Crippen LogP contribution in [0.5, 0.6) is 5.75 Å². The second kappa shape index (κ2) is 9.56. The zero-order valence-electron chi connectivity index (χ0n) is 14.4. The highest BCUT2D eigenvalue weighted by atomic mass is 16.5. The number of aryl methyl sites for hydroxylation is 1. The van der Waals surface area contributed by atoms with E-state index >= 15 is 0 Å². The Bertz CT molecular complexity index is 657. The summed E-state index contributed by atoms with van der Waals surface area (Å²) in [6, 6.07) is 15.5. The third kappa shape index (κ3) is 6.29. The predicted molar refractivity (Wildman–Crippen MR) is 100 cm³/mol. The molecular weight excluding hydrogens is 298 g/mol. The molecule has 3 nitrogen and oxygen atoms in total. The van der Waals surface area contributed by atoms with Gasteiger partial charge in [-0.15, -0.1) is 0 Å². The fraction of sp³-hybridized carbons (Fsp3) is 0.286. The lowest BCUT2D eigenvalue weighted by Gasteiger charge is -2.07. The average molecular weight is 323 g/mol. The molecule has 24 heavy (non-hydrogen) atoms. The van der Waals surface area contributed by atoms with Crippen molar-refractivity contribution in [3.63, 3.8) is 0 Å². The first kappa shape index (κ1) is 17.8. The molecule has 0 saturated heterocycles. The highest BCUT2D eigenvalue weighted by molar-refractivity contribution is 6.01. The lowest BCUT2D eigenvalue weighted by atomic mass is 10.1. The van der Waals surface area contributed by atoms with E-state index in [2.05, 4.69) is 12.2 Å². The van der Waals surface area contributed by atoms with Crippen molar-refractivity contribution in [2.45, 2.75) is 33.1 Å². The van der Waals surface area contributed by atoms with Crippen molar-refractivity contribution in [3.05, 3.63) is 65.7 Å². The van der Waals surface area contributed by atoms with Crippen LogP contribution >= 0.6 is 0 Å². The number of rotatable bonds is 8. The van der Waals surface area contributed by atoms with Crippen LogP contribution in [0, 0.1) is 6.92 Å². The number of carbonyl (C=O) groups is 1. The van der Waals surface area contributed by atoms with Crippen LogP contribution < -0.4 is 10.1 Å². The molecular formula is C21H25NO2. The second-order valence-corrected chi connectivity index (χ2v) is 5.81. The first-order valence-corrected chi connectivity index (χ1v) is 8.46. The number of ether oxygens (including phenoxy) is 1. The summed E-state index contributed by atoms with van der Waals surface area (Å²) in [7, 11) is 0. The number of amides is 1. The Labute approximate surface area is 144 Å². The minimum absolute atomic E-state index is 0.146. The zero-order chi connectivity index (χ0) is 17.2. The smallest absolute Gasteiger partial charge is 0.248 e. The van der Waals surface area contributed by atoms with Gasteiger partial charge in [-0.25, -0.2) is 0 Å². The molecule has 1 N–H and O–H groups in total. The molecule has 0 aliphatic heterocycles. The fourth-order valence-corrected chi connectivity index (χ4v) is 2.21. The van der Waals surface area contributed by atoms with Crippen molar-refractivity contribution in [2.75, 3.05) is 11.9 Å². The number of hydrogen-bond donors (Lipinski definition) is 1. The molecule has 0 fully saturated rings. The van der Waals surface area contributed by atoms with E-state index in [1.165, 1.54) is 18.4 Å². The van der Waals surface area contributed by atoms with E-state index in [9.17, 15) is 4.79 Å². The van der Waals surface area contributed by atoms with E-state index in [0.717, 1.165) is 30.0 Å². The molecule has 0 atom stereocenters. The van der Waals surface area contributed by atoms with Crippen LogP contribution in [0.3, 0.4) is 0 Å². The average Bonchev–Trinajstić information content (AvgIpc) is 2.60. The van der Waals surface area contributed by atoms with Crippen LogP contribution in [0.25, 0.3) is 6.08 Å². The molecule has 0 saturated carbocycles. The number of hydrogen-bond acceptors (Lipinski definition) is 2. The van der Waals surface area contributed by atoms with Gasteiger partial charge in [0.05, 0.1) is 6.61 Å². The lowest BCUT2D eigenvalue weighted by Crippen LogP contribution is -2.07. The number of benzene rings is 2. The maximum atomic E-state index is 12.0. The first-order valence-electron chi connectivity index (χ1n) is 8.46. The van der Waals surface area contributed by atoms with E-state index < -0.39 is 0 Å². The topological polar surface area (TPSA) is 38.3 Å². The molecule has 0 radical (unpaired) electrons. The summed E-state index contributed by atoms with van der Waals surface area (Å²) in [5, 5.41) is 2.85. The van der Waals surface area contributed by atoms with Gasteiger partial charge in [-0.1, -0.05) is 49.6 Å². The molecule has 0 aliphatic carbocycles. The molecule has 2 rings (SSSR count). The summed E-state index contributed by atoms with van der Waals surface area (Å²) >= 11 is 0. The van der Waals surface area contributed by atoms with Gasteiger partial charge in [0.15, 0.2) is 0 Å². The Balaban J connectivity index is 1.82. The Morgan fingerprint density at radius 2 is 1.75 bits per heavy atom. The standard InChI is InChI=1S/C21H25NO2/c1-3-4-5-16-24-20-13-11-19(12-14-20)22-21(23)15-10-18-8-6-17(2)7-9-18/h6-15H,3-5,16H2,1-2H3,(H,22,23)/b15-10+. The monoisotopic (exact) mass is 323 g/mol. The van der Waals surface area contributed by atoms with Crippen LogP contribution in [0.4, 0.5) is 5.69 Å². The third-order valence-electron chi connectivity index (χ3n) is 3.64. The van der Waals surface area contributed by atoms with Gasteiger partial charge >= 0.3 is 0 Å². The Morgan fingerprint density at radius 3 is 2.42 bits per heavy atom. The molecule has 0 unspecified atom stereocenters. The molecule has 2 aromatic carbocycles. The van der Waals surface area contributed by atoms with Crippen molar-refractivity contribution in [3.8, 4) is 5.75 Å². The van der Waals surface area contributed by atoms with E-state index in [1.54, 1.807) is 12.2 Å². The number of anilines is 1. The maximum Gasteiger partial charge on any atom is 0.248 e. The third-order valence-corrected chi connectivity index (χ3v) is 3.64. The number of nitrogens with one attached hydrogen (secondary N) is 1. The second-order valence-electron chi connectivity index (χ2n) is 5.81. The van der Waals surface area contributed by atoms with Crippen LogP contribution in [-0.4, -0.2) is 12.5 Å². The molecule has 3 heteroatoms. The highest BCUT2D eigenvalue weighted by Crippen LogP contribution is 2.16. The van der Waals surface area contributed by atoms with Crippen molar-refractivity contribution in [2.24, 2.45) is 0 Å². The fourth-order valence-electron chi connectivity index (χ4n) is 2.21. The summed E-state index contributed by atoms with van der Waals surface area (Å²) < 4.78 is 5.66. The van der Waals surface area contributed by atoms with Gasteiger partial charge in [-0.3, -0.25) is 4.79 Å². The van der Waals surface area contributed by atoms with E-state index in [1.807, 2.05) is 55.5 Å². The van der Waals surface area contributed by atoms with Crippen molar-refractivity contribution < 1.29 is 9.53 Å². The van der Waals surface area contributed by atoms with Gasteiger partial charge in [0, 0.05) is 11.8 Å². The summed E-state index contributed by atoms with van der Waals surface area (Å²) in [6.45, 7) is 4.95. The molecule has 0 bridgehead atoms. The molecule has 0 heterocycles. The van der Waals surface area contributed by atoms with Crippen molar-refractivity contribution in [1.82, 2.24) is 0 Å². The summed E-state index contributed by atoms with van der Waals surface area (Å²) in [6.07, 6.45) is 6.78. The molecule has 1 amide bonds. The lowest BCUT2D eigenvalue weighted by molar-refractivity contribution is -0.111. The Morgan fingerprint density at radius 1 is 1.04 bits per heavy atom. The van der Waals surface area contributed by atoms with Gasteiger partial charge in [0.1, 0.15) is 5.75 Å². The van der Waals surface area contributed by atoms with Gasteiger partial charge in [0.25, 0.3) is 0 Å². The van der Waals surface area contributed by atoms with Crippen LogP contribution in [0.15, 0.2) is 54.6 Å². The van der Waals surface area contributed by atoms with Crippen LogP contribution in [0.1, 0.15) is 37.3 Å². The van der Waals surface area contributed by atoms with Gasteiger partial charge in [0.2, 0.25) is 5.91 Å². The summed E-state index contributed by atoms with van der Waals surface area (Å²) in [4.78, 5) is 12.0.